The van der Waals surface area contributed by atoms with Gasteiger partial charge in [-0.25, -0.2) is 9.18 Å². The number of nitrogens with zero attached hydrogens (tertiary/aromatic N) is 1. The molecule has 0 aliphatic carbocycles. The quantitative estimate of drug-likeness (QED) is 0.709. The molecule has 7 heteroatoms. The van der Waals surface area contributed by atoms with Gasteiger partial charge >= 0.3 is 5.97 Å². The topological polar surface area (TPSA) is 46.6 Å². The minimum Gasteiger partial charge on any atom is -0.456 e. The second-order valence-corrected chi connectivity index (χ2v) is 6.83. The van der Waals surface area contributed by atoms with Crippen molar-refractivity contribution in [3.05, 3.63) is 75.2 Å². The summed E-state index contributed by atoms with van der Waals surface area (Å²) in [6, 6.07) is 10.7. The molecular weight excluding hydrogens is 380 g/mol. The summed E-state index contributed by atoms with van der Waals surface area (Å²) in [6.07, 6.45) is 0.00447. The summed E-state index contributed by atoms with van der Waals surface area (Å²) in [5.41, 5.74) is 1.73. The number of carbonyl (C=O) groups is 2. The van der Waals surface area contributed by atoms with Gasteiger partial charge in [-0.15, -0.1) is 0 Å². The summed E-state index contributed by atoms with van der Waals surface area (Å²) in [7, 11) is 0. The summed E-state index contributed by atoms with van der Waals surface area (Å²) < 4.78 is 18.8. The van der Waals surface area contributed by atoms with Gasteiger partial charge in [0.1, 0.15) is 12.4 Å². The minimum atomic E-state index is -0.552. The first-order valence-corrected chi connectivity index (χ1v) is 8.65. The molecular formula is C19H12Cl2FNO3. The molecule has 1 amide bonds. The van der Waals surface area contributed by atoms with E-state index in [1.54, 1.807) is 24.3 Å². The normalized spacial score (nSPS) is 19.7. The van der Waals surface area contributed by atoms with E-state index in [9.17, 15) is 14.0 Å². The SMILES string of the molecule is O=C1OCC2=C1[C@@H](c1cccc(Cl)c1Cl)CC(=O)N2c1cccc(F)c1. The lowest BCUT2D eigenvalue weighted by atomic mass is 9.84. The van der Waals surface area contributed by atoms with Gasteiger partial charge in [0, 0.05) is 12.3 Å². The Morgan fingerprint density at radius 1 is 1.12 bits per heavy atom. The number of ether oxygens (including phenoxy) is 1. The third-order valence-electron chi connectivity index (χ3n) is 4.54. The van der Waals surface area contributed by atoms with Crippen LogP contribution in [-0.4, -0.2) is 18.5 Å². The fourth-order valence-corrected chi connectivity index (χ4v) is 3.86. The highest BCUT2D eigenvalue weighted by Gasteiger charge is 2.43. The molecule has 1 atom stereocenters. The third kappa shape index (κ3) is 2.68. The summed E-state index contributed by atoms with van der Waals surface area (Å²) in [4.78, 5) is 26.6. The molecule has 4 rings (SSSR count). The van der Waals surface area contributed by atoms with Crippen molar-refractivity contribution in [2.45, 2.75) is 12.3 Å². The predicted molar refractivity (Wildman–Crippen MR) is 95.7 cm³/mol. The van der Waals surface area contributed by atoms with E-state index in [0.29, 0.717) is 32.6 Å². The molecule has 132 valence electrons. The Morgan fingerprint density at radius 2 is 1.88 bits per heavy atom. The predicted octanol–water partition coefficient (Wildman–Crippen LogP) is 4.46. The smallest absolute Gasteiger partial charge is 0.336 e. The highest BCUT2D eigenvalue weighted by atomic mass is 35.5. The van der Waals surface area contributed by atoms with Gasteiger partial charge in [-0.05, 0) is 29.8 Å². The van der Waals surface area contributed by atoms with Crippen LogP contribution in [0.5, 0.6) is 0 Å². The molecule has 0 spiro atoms. The van der Waals surface area contributed by atoms with Crippen LogP contribution in [0.25, 0.3) is 0 Å². The molecule has 0 aromatic heterocycles. The number of hydrogen-bond donors (Lipinski definition) is 0. The Kier molecular flexibility index (Phi) is 4.21. The summed E-state index contributed by atoms with van der Waals surface area (Å²) in [5, 5.41) is 0.649. The van der Waals surface area contributed by atoms with E-state index in [0.717, 1.165) is 0 Å². The lowest BCUT2D eigenvalue weighted by molar-refractivity contribution is -0.136. The van der Waals surface area contributed by atoms with Gasteiger partial charge in [0.05, 0.1) is 27.0 Å². The van der Waals surface area contributed by atoms with Crippen molar-refractivity contribution in [1.82, 2.24) is 0 Å². The number of rotatable bonds is 2. The molecule has 0 unspecified atom stereocenters. The van der Waals surface area contributed by atoms with E-state index in [1.807, 2.05) is 0 Å². The number of amides is 1. The van der Waals surface area contributed by atoms with E-state index in [1.165, 1.54) is 23.1 Å². The highest BCUT2D eigenvalue weighted by molar-refractivity contribution is 6.42. The average Bonchev–Trinajstić information content (AvgIpc) is 2.98. The number of hydrogen-bond acceptors (Lipinski definition) is 3. The summed E-state index contributed by atoms with van der Waals surface area (Å²) >= 11 is 12.4. The Hall–Kier alpha value is -2.37. The molecule has 0 saturated heterocycles. The fraction of sp³-hybridized carbons (Fsp3) is 0.158. The van der Waals surface area contributed by atoms with Gasteiger partial charge in [0.25, 0.3) is 0 Å². The maximum atomic E-state index is 13.6. The summed E-state index contributed by atoms with van der Waals surface area (Å²) in [6.45, 7) is -0.0505. The molecule has 0 saturated carbocycles. The molecule has 2 aliphatic rings. The Bertz CT molecular complexity index is 973. The van der Waals surface area contributed by atoms with Crippen molar-refractivity contribution in [2.75, 3.05) is 11.5 Å². The number of halogens is 3. The lowest BCUT2D eigenvalue weighted by Crippen LogP contribution is -2.37. The van der Waals surface area contributed by atoms with Gasteiger partial charge in [0.15, 0.2) is 0 Å². The minimum absolute atomic E-state index is 0.00447. The monoisotopic (exact) mass is 391 g/mol. The van der Waals surface area contributed by atoms with Crippen LogP contribution in [0.2, 0.25) is 10.0 Å². The standard InChI is InChI=1S/C19H12Cl2FNO3/c20-14-6-2-5-12(18(14)21)13-8-16(24)23(11-4-1-3-10(22)7-11)15-9-26-19(25)17(13)15/h1-7,13H,8-9H2/t13-/m1/s1. The maximum Gasteiger partial charge on any atom is 0.336 e. The van der Waals surface area contributed by atoms with Gasteiger partial charge < -0.3 is 4.74 Å². The molecule has 0 radical (unpaired) electrons. The molecule has 0 fully saturated rings. The van der Waals surface area contributed by atoms with Crippen LogP contribution in [0.4, 0.5) is 10.1 Å². The first-order valence-electron chi connectivity index (χ1n) is 7.90. The molecule has 4 nitrogen and oxygen atoms in total. The second-order valence-electron chi connectivity index (χ2n) is 6.05. The van der Waals surface area contributed by atoms with E-state index in [4.69, 9.17) is 27.9 Å². The summed E-state index contributed by atoms with van der Waals surface area (Å²) in [5.74, 6) is -1.80. The van der Waals surface area contributed by atoms with Crippen molar-refractivity contribution in [2.24, 2.45) is 0 Å². The molecule has 2 aromatic rings. The van der Waals surface area contributed by atoms with Crippen LogP contribution in [0.1, 0.15) is 17.9 Å². The van der Waals surface area contributed by atoms with Gasteiger partial charge in [-0.1, -0.05) is 41.4 Å². The molecule has 0 N–H and O–H groups in total. The van der Waals surface area contributed by atoms with E-state index in [-0.39, 0.29) is 18.9 Å². The van der Waals surface area contributed by atoms with Crippen LogP contribution in [0.15, 0.2) is 53.7 Å². The number of benzene rings is 2. The van der Waals surface area contributed by atoms with Crippen LogP contribution in [0, 0.1) is 5.82 Å². The van der Waals surface area contributed by atoms with Crippen LogP contribution < -0.4 is 4.90 Å². The van der Waals surface area contributed by atoms with Crippen LogP contribution in [-0.2, 0) is 14.3 Å². The second kappa shape index (κ2) is 6.41. The molecule has 2 aliphatic heterocycles. The third-order valence-corrected chi connectivity index (χ3v) is 5.37. The van der Waals surface area contributed by atoms with Crippen molar-refractivity contribution in [3.8, 4) is 0 Å². The molecule has 26 heavy (non-hydrogen) atoms. The molecule has 2 aromatic carbocycles. The first kappa shape index (κ1) is 17.1. The molecule has 2 heterocycles. The number of anilines is 1. The highest BCUT2D eigenvalue weighted by Crippen LogP contribution is 2.44. The number of carbonyl (C=O) groups excluding carboxylic acids is 2. The first-order chi connectivity index (χ1) is 12.5. The zero-order chi connectivity index (χ0) is 18.4. The van der Waals surface area contributed by atoms with E-state index in [2.05, 4.69) is 0 Å². The number of cyclic esters (lactones) is 1. The van der Waals surface area contributed by atoms with E-state index >= 15 is 0 Å². The van der Waals surface area contributed by atoms with Gasteiger partial charge in [-0.3, -0.25) is 9.69 Å². The number of esters is 1. The molecule has 0 bridgehead atoms. The van der Waals surface area contributed by atoms with Crippen molar-refractivity contribution >= 4 is 40.8 Å². The van der Waals surface area contributed by atoms with Gasteiger partial charge in [0.2, 0.25) is 5.91 Å². The van der Waals surface area contributed by atoms with Gasteiger partial charge in [-0.2, -0.15) is 0 Å². The van der Waals surface area contributed by atoms with E-state index < -0.39 is 17.7 Å². The maximum absolute atomic E-state index is 13.6. The Labute approximate surface area is 158 Å². The zero-order valence-electron chi connectivity index (χ0n) is 13.3. The lowest BCUT2D eigenvalue weighted by Gasteiger charge is -2.32. The van der Waals surface area contributed by atoms with Crippen LogP contribution >= 0.6 is 23.2 Å². The van der Waals surface area contributed by atoms with Crippen molar-refractivity contribution in [1.29, 1.82) is 0 Å². The van der Waals surface area contributed by atoms with Crippen molar-refractivity contribution in [3.63, 3.8) is 0 Å². The zero-order valence-corrected chi connectivity index (χ0v) is 14.9. The van der Waals surface area contributed by atoms with Crippen molar-refractivity contribution < 1.29 is 18.7 Å². The fourth-order valence-electron chi connectivity index (χ4n) is 3.42. The Balaban J connectivity index is 1.87. The van der Waals surface area contributed by atoms with Crippen LogP contribution in [0.3, 0.4) is 0 Å². The average molecular weight is 392 g/mol. The Morgan fingerprint density at radius 3 is 2.65 bits per heavy atom. The largest absolute Gasteiger partial charge is 0.456 e.